The van der Waals surface area contributed by atoms with Crippen LogP contribution in [-0.2, 0) is 6.54 Å². The molecule has 0 saturated carbocycles. The van der Waals surface area contributed by atoms with E-state index < -0.39 is 0 Å². The molecule has 0 aliphatic carbocycles. The summed E-state index contributed by atoms with van der Waals surface area (Å²) in [7, 11) is 0. The Hall–Kier alpha value is -1.46. The zero-order chi connectivity index (χ0) is 13.1. The molecule has 0 aromatic carbocycles. The standard InChI is InChI=1S/C14H18N4S/c15-13-11(4-3-6-16-13)10-18-8-2-1-5-12(18)14-17-7-9-19-14/h3-4,6-7,9,12H,1-2,5,8,10H2,(H2,15,16). The summed E-state index contributed by atoms with van der Waals surface area (Å²) < 4.78 is 0. The minimum Gasteiger partial charge on any atom is -0.383 e. The third kappa shape index (κ3) is 2.77. The van der Waals surface area contributed by atoms with Gasteiger partial charge in [0.15, 0.2) is 0 Å². The quantitative estimate of drug-likeness (QED) is 0.935. The van der Waals surface area contributed by atoms with E-state index in [1.807, 2.05) is 12.3 Å². The van der Waals surface area contributed by atoms with Crippen molar-refractivity contribution < 1.29 is 0 Å². The van der Waals surface area contributed by atoms with Gasteiger partial charge in [-0.1, -0.05) is 12.5 Å². The highest BCUT2D eigenvalue weighted by atomic mass is 32.1. The maximum atomic E-state index is 5.95. The van der Waals surface area contributed by atoms with Crippen LogP contribution in [0, 0.1) is 0 Å². The summed E-state index contributed by atoms with van der Waals surface area (Å²) in [6.07, 6.45) is 7.36. The Balaban J connectivity index is 1.80. The van der Waals surface area contributed by atoms with Crippen LogP contribution in [0.1, 0.15) is 35.9 Å². The number of nitrogens with zero attached hydrogens (tertiary/aromatic N) is 3. The van der Waals surface area contributed by atoms with E-state index in [-0.39, 0.29) is 0 Å². The molecule has 19 heavy (non-hydrogen) atoms. The molecule has 3 rings (SSSR count). The van der Waals surface area contributed by atoms with Gasteiger partial charge in [-0.3, -0.25) is 4.90 Å². The first-order chi connectivity index (χ1) is 9.34. The van der Waals surface area contributed by atoms with E-state index in [2.05, 4.69) is 26.3 Å². The van der Waals surface area contributed by atoms with E-state index in [1.54, 1.807) is 17.5 Å². The van der Waals surface area contributed by atoms with Gasteiger partial charge >= 0.3 is 0 Å². The number of piperidine rings is 1. The number of anilines is 1. The Kier molecular flexibility index (Phi) is 3.75. The molecule has 2 aromatic rings. The Bertz CT molecular complexity index is 526. The minimum absolute atomic E-state index is 0.438. The summed E-state index contributed by atoms with van der Waals surface area (Å²) in [5.74, 6) is 0.644. The maximum Gasteiger partial charge on any atom is 0.127 e. The van der Waals surface area contributed by atoms with Crippen molar-refractivity contribution in [2.24, 2.45) is 0 Å². The van der Waals surface area contributed by atoms with Crippen molar-refractivity contribution in [3.8, 4) is 0 Å². The average molecular weight is 274 g/mol. The van der Waals surface area contributed by atoms with Crippen LogP contribution in [0.15, 0.2) is 29.9 Å². The lowest BCUT2D eigenvalue weighted by Gasteiger charge is -2.34. The van der Waals surface area contributed by atoms with Crippen LogP contribution in [0.25, 0.3) is 0 Å². The molecule has 4 nitrogen and oxygen atoms in total. The van der Waals surface area contributed by atoms with Crippen molar-refractivity contribution in [3.05, 3.63) is 40.5 Å². The highest BCUT2D eigenvalue weighted by Gasteiger charge is 2.26. The van der Waals surface area contributed by atoms with Crippen molar-refractivity contribution in [2.75, 3.05) is 12.3 Å². The lowest BCUT2D eigenvalue weighted by molar-refractivity contribution is 0.140. The van der Waals surface area contributed by atoms with Gasteiger partial charge in [0, 0.05) is 29.9 Å². The molecular weight excluding hydrogens is 256 g/mol. The van der Waals surface area contributed by atoms with Crippen molar-refractivity contribution >= 4 is 17.2 Å². The molecule has 1 unspecified atom stereocenters. The van der Waals surface area contributed by atoms with Crippen molar-refractivity contribution in [2.45, 2.75) is 31.8 Å². The molecule has 1 aliphatic heterocycles. The lowest BCUT2D eigenvalue weighted by atomic mass is 10.0. The fourth-order valence-electron chi connectivity index (χ4n) is 2.66. The van der Waals surface area contributed by atoms with Crippen LogP contribution < -0.4 is 5.73 Å². The third-order valence-electron chi connectivity index (χ3n) is 3.65. The van der Waals surface area contributed by atoms with E-state index in [0.29, 0.717) is 11.9 Å². The molecule has 5 heteroatoms. The number of aromatic nitrogens is 2. The molecular formula is C14H18N4S. The Labute approximate surface area is 117 Å². The van der Waals surface area contributed by atoms with Gasteiger partial charge in [-0.15, -0.1) is 11.3 Å². The molecule has 2 aromatic heterocycles. The molecule has 0 spiro atoms. The Morgan fingerprint density at radius 2 is 2.26 bits per heavy atom. The zero-order valence-corrected chi connectivity index (χ0v) is 11.6. The van der Waals surface area contributed by atoms with E-state index in [9.17, 15) is 0 Å². The summed E-state index contributed by atoms with van der Waals surface area (Å²) in [5, 5.41) is 3.28. The second kappa shape index (κ2) is 5.67. The highest BCUT2D eigenvalue weighted by molar-refractivity contribution is 7.09. The van der Waals surface area contributed by atoms with Gasteiger partial charge in [0.1, 0.15) is 10.8 Å². The molecule has 3 heterocycles. The molecule has 1 aliphatic rings. The Morgan fingerprint density at radius 3 is 3.05 bits per heavy atom. The van der Waals surface area contributed by atoms with Crippen molar-refractivity contribution in [1.29, 1.82) is 0 Å². The van der Waals surface area contributed by atoms with Crippen LogP contribution in [0.2, 0.25) is 0 Å². The minimum atomic E-state index is 0.438. The van der Waals surface area contributed by atoms with Gasteiger partial charge in [-0.25, -0.2) is 9.97 Å². The number of hydrogen-bond donors (Lipinski definition) is 1. The van der Waals surface area contributed by atoms with Crippen LogP contribution in [0.5, 0.6) is 0 Å². The van der Waals surface area contributed by atoms with E-state index in [4.69, 9.17) is 5.73 Å². The van der Waals surface area contributed by atoms with Gasteiger partial charge in [0.05, 0.1) is 6.04 Å². The smallest absolute Gasteiger partial charge is 0.127 e. The number of nitrogens with two attached hydrogens (primary N) is 1. The molecule has 100 valence electrons. The van der Waals surface area contributed by atoms with Gasteiger partial charge in [0.2, 0.25) is 0 Å². The van der Waals surface area contributed by atoms with Crippen LogP contribution in [-0.4, -0.2) is 21.4 Å². The van der Waals surface area contributed by atoms with Crippen molar-refractivity contribution in [3.63, 3.8) is 0 Å². The largest absolute Gasteiger partial charge is 0.383 e. The van der Waals surface area contributed by atoms with Gasteiger partial charge in [-0.05, 0) is 25.5 Å². The summed E-state index contributed by atoms with van der Waals surface area (Å²) in [6.45, 7) is 1.97. The van der Waals surface area contributed by atoms with Crippen molar-refractivity contribution in [1.82, 2.24) is 14.9 Å². The average Bonchev–Trinajstić information content (AvgIpc) is 2.96. The SMILES string of the molecule is Nc1ncccc1CN1CCCCC1c1nccs1. The number of thiazole rings is 1. The molecule has 1 fully saturated rings. The first-order valence-electron chi connectivity index (χ1n) is 6.67. The molecule has 0 radical (unpaired) electrons. The normalized spacial score (nSPS) is 20.5. The fourth-order valence-corrected chi connectivity index (χ4v) is 3.47. The first kappa shape index (κ1) is 12.6. The molecule has 2 N–H and O–H groups in total. The molecule has 1 atom stereocenters. The predicted octanol–water partition coefficient (Wildman–Crippen LogP) is 2.85. The van der Waals surface area contributed by atoms with Gasteiger partial charge < -0.3 is 5.73 Å². The fraction of sp³-hybridized carbons (Fsp3) is 0.429. The molecule has 0 bridgehead atoms. The number of likely N-dealkylation sites (tertiary alicyclic amines) is 1. The summed E-state index contributed by atoms with van der Waals surface area (Å²) >= 11 is 1.75. The second-order valence-corrected chi connectivity index (χ2v) is 5.83. The van der Waals surface area contributed by atoms with Crippen LogP contribution in [0.4, 0.5) is 5.82 Å². The predicted molar refractivity (Wildman–Crippen MR) is 77.8 cm³/mol. The number of hydrogen-bond acceptors (Lipinski definition) is 5. The number of rotatable bonds is 3. The van der Waals surface area contributed by atoms with Gasteiger partial charge in [-0.2, -0.15) is 0 Å². The van der Waals surface area contributed by atoms with E-state index in [0.717, 1.165) is 18.7 Å². The maximum absolute atomic E-state index is 5.95. The summed E-state index contributed by atoms with van der Waals surface area (Å²) in [5.41, 5.74) is 7.07. The third-order valence-corrected chi connectivity index (χ3v) is 4.53. The second-order valence-electron chi connectivity index (χ2n) is 4.90. The van der Waals surface area contributed by atoms with E-state index in [1.165, 1.54) is 24.3 Å². The van der Waals surface area contributed by atoms with Crippen LogP contribution >= 0.6 is 11.3 Å². The monoisotopic (exact) mass is 274 g/mol. The van der Waals surface area contributed by atoms with Gasteiger partial charge in [0.25, 0.3) is 0 Å². The Morgan fingerprint density at radius 1 is 1.32 bits per heavy atom. The first-order valence-corrected chi connectivity index (χ1v) is 7.55. The summed E-state index contributed by atoms with van der Waals surface area (Å²) in [6, 6.07) is 4.46. The number of pyridine rings is 1. The van der Waals surface area contributed by atoms with E-state index >= 15 is 0 Å². The molecule has 0 amide bonds. The highest BCUT2D eigenvalue weighted by Crippen LogP contribution is 2.33. The topological polar surface area (TPSA) is 55.0 Å². The zero-order valence-electron chi connectivity index (χ0n) is 10.8. The molecule has 1 saturated heterocycles. The van der Waals surface area contributed by atoms with Crippen LogP contribution in [0.3, 0.4) is 0 Å². The lowest BCUT2D eigenvalue weighted by Crippen LogP contribution is -2.33. The summed E-state index contributed by atoms with van der Waals surface area (Å²) in [4.78, 5) is 11.1. The number of nitrogen functional groups attached to an aromatic ring is 1.